The van der Waals surface area contributed by atoms with Gasteiger partial charge in [-0.05, 0) is 50.5 Å². The number of hydrogen-bond acceptors (Lipinski definition) is 6. The quantitative estimate of drug-likeness (QED) is 0.772. The Bertz CT molecular complexity index is 996. The van der Waals surface area contributed by atoms with Crippen molar-refractivity contribution in [2.45, 2.75) is 64.9 Å². The highest BCUT2D eigenvalue weighted by atomic mass is 32.1. The first kappa shape index (κ1) is 20.1. The molecule has 0 radical (unpaired) electrons. The van der Waals surface area contributed by atoms with Gasteiger partial charge in [-0.1, -0.05) is 13.3 Å². The van der Waals surface area contributed by atoms with E-state index in [0.29, 0.717) is 34.9 Å². The van der Waals surface area contributed by atoms with Crippen molar-refractivity contribution in [2.75, 3.05) is 13.1 Å². The van der Waals surface area contributed by atoms with Crippen LogP contribution in [0.15, 0.2) is 4.79 Å². The molecule has 0 bridgehead atoms. The van der Waals surface area contributed by atoms with Crippen LogP contribution < -0.4 is 5.56 Å². The van der Waals surface area contributed by atoms with Crippen molar-refractivity contribution in [2.24, 2.45) is 5.92 Å². The molecule has 0 unspecified atom stereocenters. The molecule has 1 saturated heterocycles. The number of carbonyl (C=O) groups is 2. The first-order valence-corrected chi connectivity index (χ1v) is 11.3. The van der Waals surface area contributed by atoms with Crippen LogP contribution in [-0.4, -0.2) is 39.8 Å². The van der Waals surface area contributed by atoms with Gasteiger partial charge in [0.1, 0.15) is 11.4 Å². The molecule has 156 valence electrons. The highest BCUT2D eigenvalue weighted by Crippen LogP contribution is 2.35. The molecule has 1 fully saturated rings. The summed E-state index contributed by atoms with van der Waals surface area (Å²) < 4.78 is 5.49. The van der Waals surface area contributed by atoms with E-state index < -0.39 is 12.1 Å². The minimum absolute atomic E-state index is 0.00144. The predicted molar refractivity (Wildman–Crippen MR) is 111 cm³/mol. The number of amides is 1. The standard InChI is InChI=1S/C21H27N3O4S/c1-12-7-8-14-15(10-12)29-21-18(14)20(27)22-19(23-21)13(2)28-17(26)11-24-9-5-3-4-6-16(24)25/h12-13H,3-11H2,1-2H3,(H,22,23,27)/t12-,13-/m1/s1. The van der Waals surface area contributed by atoms with E-state index in [4.69, 9.17) is 4.74 Å². The second-order valence-electron chi connectivity index (χ2n) is 8.24. The molecular weight excluding hydrogens is 390 g/mol. The summed E-state index contributed by atoms with van der Waals surface area (Å²) >= 11 is 1.57. The Balaban J connectivity index is 1.49. The number of esters is 1. The molecule has 2 aromatic rings. The summed E-state index contributed by atoms with van der Waals surface area (Å²) in [5.41, 5.74) is 0.968. The summed E-state index contributed by atoms with van der Waals surface area (Å²) in [6, 6.07) is 0. The zero-order valence-electron chi connectivity index (χ0n) is 17.0. The van der Waals surface area contributed by atoms with Crippen molar-refractivity contribution < 1.29 is 14.3 Å². The summed E-state index contributed by atoms with van der Waals surface area (Å²) in [7, 11) is 0. The molecule has 7 nitrogen and oxygen atoms in total. The minimum atomic E-state index is -0.681. The van der Waals surface area contributed by atoms with Crippen LogP contribution in [0.4, 0.5) is 0 Å². The third-order valence-corrected chi connectivity index (χ3v) is 7.02. The van der Waals surface area contributed by atoms with Gasteiger partial charge in [-0.3, -0.25) is 14.4 Å². The average Bonchev–Trinajstić information content (AvgIpc) is 2.92. The molecule has 1 N–H and O–H groups in total. The fourth-order valence-electron chi connectivity index (χ4n) is 4.21. The van der Waals surface area contributed by atoms with Crippen LogP contribution in [0.3, 0.4) is 0 Å². The molecule has 3 heterocycles. The maximum atomic E-state index is 12.7. The topological polar surface area (TPSA) is 92.4 Å². The molecule has 1 amide bonds. The lowest BCUT2D eigenvalue weighted by Gasteiger charge is -2.20. The maximum Gasteiger partial charge on any atom is 0.326 e. The first-order chi connectivity index (χ1) is 13.9. The number of nitrogens with one attached hydrogen (secondary N) is 1. The lowest BCUT2D eigenvalue weighted by Crippen LogP contribution is -2.36. The molecule has 2 aliphatic rings. The highest BCUT2D eigenvalue weighted by Gasteiger charge is 2.25. The number of aromatic nitrogens is 2. The van der Waals surface area contributed by atoms with Crippen LogP contribution in [0.25, 0.3) is 10.2 Å². The Hall–Kier alpha value is -2.22. The number of aryl methyl sites for hydroxylation is 1. The number of thiophene rings is 1. The molecule has 0 saturated carbocycles. The van der Waals surface area contributed by atoms with Crippen molar-refractivity contribution in [1.82, 2.24) is 14.9 Å². The number of carbonyl (C=O) groups excluding carboxylic acids is 2. The van der Waals surface area contributed by atoms with Gasteiger partial charge in [0.25, 0.3) is 5.56 Å². The van der Waals surface area contributed by atoms with E-state index in [9.17, 15) is 14.4 Å². The maximum absolute atomic E-state index is 12.7. The van der Waals surface area contributed by atoms with Crippen LogP contribution in [0.1, 0.15) is 68.3 Å². The van der Waals surface area contributed by atoms with Gasteiger partial charge in [-0.2, -0.15) is 0 Å². The van der Waals surface area contributed by atoms with E-state index in [2.05, 4.69) is 16.9 Å². The molecule has 1 aliphatic carbocycles. The predicted octanol–water partition coefficient (Wildman–Crippen LogP) is 3.12. The second-order valence-corrected chi connectivity index (χ2v) is 9.32. The number of nitrogens with zero attached hydrogens (tertiary/aromatic N) is 2. The molecular formula is C21H27N3O4S. The Kier molecular flexibility index (Phi) is 5.72. The van der Waals surface area contributed by atoms with Gasteiger partial charge in [0.05, 0.1) is 5.39 Å². The van der Waals surface area contributed by atoms with E-state index in [0.717, 1.165) is 44.1 Å². The van der Waals surface area contributed by atoms with Crippen LogP contribution >= 0.6 is 11.3 Å². The van der Waals surface area contributed by atoms with Crippen LogP contribution in [0.5, 0.6) is 0 Å². The van der Waals surface area contributed by atoms with Crippen LogP contribution in [0.2, 0.25) is 0 Å². The Morgan fingerprint density at radius 2 is 2.14 bits per heavy atom. The van der Waals surface area contributed by atoms with Crippen molar-refractivity contribution >= 4 is 33.4 Å². The molecule has 0 spiro atoms. The zero-order valence-corrected chi connectivity index (χ0v) is 17.8. The average molecular weight is 418 g/mol. The fourth-order valence-corrected chi connectivity index (χ4v) is 5.60. The molecule has 8 heteroatoms. The SMILES string of the molecule is C[C@@H]1CCc2c(sc3nc([C@@H](C)OC(=O)CN4CCCCCC4=O)[nH]c(=O)c23)C1. The second kappa shape index (κ2) is 8.26. The van der Waals surface area contributed by atoms with Gasteiger partial charge in [0, 0.05) is 17.8 Å². The first-order valence-electron chi connectivity index (χ1n) is 10.4. The van der Waals surface area contributed by atoms with Crippen molar-refractivity contribution in [3.63, 3.8) is 0 Å². The van der Waals surface area contributed by atoms with Crippen molar-refractivity contribution in [3.8, 4) is 0 Å². The lowest BCUT2D eigenvalue weighted by molar-refractivity contribution is -0.153. The molecule has 1 aliphatic heterocycles. The molecule has 29 heavy (non-hydrogen) atoms. The summed E-state index contributed by atoms with van der Waals surface area (Å²) in [5.74, 6) is 0.494. The third kappa shape index (κ3) is 4.22. The Morgan fingerprint density at radius 1 is 1.31 bits per heavy atom. The van der Waals surface area contributed by atoms with Gasteiger partial charge < -0.3 is 14.6 Å². The van der Waals surface area contributed by atoms with E-state index in [1.807, 2.05) is 0 Å². The normalized spacial score (nSPS) is 21.0. The van der Waals surface area contributed by atoms with Gasteiger partial charge in [-0.25, -0.2) is 4.98 Å². The van der Waals surface area contributed by atoms with Gasteiger partial charge >= 0.3 is 5.97 Å². The van der Waals surface area contributed by atoms with Crippen molar-refractivity contribution in [3.05, 3.63) is 26.6 Å². The fraction of sp³-hybridized carbons (Fsp3) is 0.619. The summed E-state index contributed by atoms with van der Waals surface area (Å²) in [4.78, 5) is 48.1. The number of likely N-dealkylation sites (tertiary alicyclic amines) is 1. The minimum Gasteiger partial charge on any atom is -0.453 e. The van der Waals surface area contributed by atoms with E-state index in [1.54, 1.807) is 23.2 Å². The lowest BCUT2D eigenvalue weighted by atomic mass is 9.89. The number of ether oxygens (including phenoxy) is 1. The molecule has 4 rings (SSSR count). The summed E-state index contributed by atoms with van der Waals surface area (Å²) in [6.45, 7) is 4.46. The molecule has 2 atom stereocenters. The van der Waals surface area contributed by atoms with Gasteiger partial charge in [0.2, 0.25) is 5.91 Å². The van der Waals surface area contributed by atoms with Gasteiger partial charge in [0.15, 0.2) is 11.9 Å². The third-order valence-electron chi connectivity index (χ3n) is 5.87. The Morgan fingerprint density at radius 3 is 2.97 bits per heavy atom. The number of hydrogen-bond donors (Lipinski definition) is 1. The number of H-pyrrole nitrogens is 1. The summed E-state index contributed by atoms with van der Waals surface area (Å²) in [6.07, 6.45) is 5.56. The molecule has 2 aromatic heterocycles. The molecule has 0 aromatic carbocycles. The van der Waals surface area contributed by atoms with Crippen LogP contribution in [0, 0.1) is 5.92 Å². The monoisotopic (exact) mass is 417 g/mol. The summed E-state index contributed by atoms with van der Waals surface area (Å²) in [5, 5.41) is 0.689. The smallest absolute Gasteiger partial charge is 0.326 e. The number of rotatable bonds is 4. The van der Waals surface area contributed by atoms with E-state index in [1.165, 1.54) is 4.88 Å². The van der Waals surface area contributed by atoms with E-state index >= 15 is 0 Å². The highest BCUT2D eigenvalue weighted by molar-refractivity contribution is 7.18. The van der Waals surface area contributed by atoms with Gasteiger partial charge in [-0.15, -0.1) is 11.3 Å². The number of fused-ring (bicyclic) bond motifs is 3. The van der Waals surface area contributed by atoms with E-state index in [-0.39, 0.29) is 18.0 Å². The zero-order chi connectivity index (χ0) is 20.5. The number of aromatic amines is 1. The van der Waals surface area contributed by atoms with Crippen LogP contribution in [-0.2, 0) is 27.2 Å². The van der Waals surface area contributed by atoms with Crippen molar-refractivity contribution in [1.29, 1.82) is 0 Å². The Labute approximate surface area is 173 Å². The largest absolute Gasteiger partial charge is 0.453 e.